The first kappa shape index (κ1) is 19.9. The van der Waals surface area contributed by atoms with Gasteiger partial charge in [-0.15, -0.1) is 0 Å². The van der Waals surface area contributed by atoms with Crippen LogP contribution in [0, 0.1) is 20.8 Å². The van der Waals surface area contributed by atoms with E-state index >= 15 is 0 Å². The third-order valence-corrected chi connectivity index (χ3v) is 4.77. The zero-order chi connectivity index (χ0) is 19.3. The molecule has 0 aliphatic rings. The summed E-state index contributed by atoms with van der Waals surface area (Å²) in [5, 5.41) is 7.10. The number of anilines is 1. The normalized spacial score (nSPS) is 11.6. The van der Waals surface area contributed by atoms with Crippen LogP contribution in [-0.4, -0.2) is 18.2 Å². The van der Waals surface area contributed by atoms with E-state index in [1.54, 1.807) is 12.1 Å². The van der Waals surface area contributed by atoms with Crippen LogP contribution in [-0.2, 0) is 4.74 Å². The number of carbonyl (C=O) groups is 1. The Labute approximate surface area is 161 Å². The van der Waals surface area contributed by atoms with Crippen molar-refractivity contribution in [2.75, 3.05) is 12.4 Å². The number of ether oxygens (including phenoxy) is 1. The predicted octanol–water partition coefficient (Wildman–Crippen LogP) is 4.84. The summed E-state index contributed by atoms with van der Waals surface area (Å²) in [5.41, 5.74) is 6.04. The predicted molar refractivity (Wildman–Crippen MR) is 111 cm³/mol. The Bertz CT molecular complexity index is 818. The molecule has 0 amide bonds. The SMILES string of the molecule is CC[C@@H](NC(=S)Nc1cc(C(=O)OC)ccc1C)c1ccc(C)c(C)c1. The maximum Gasteiger partial charge on any atom is 0.337 e. The second kappa shape index (κ2) is 8.81. The van der Waals surface area contributed by atoms with Crippen LogP contribution in [0.15, 0.2) is 36.4 Å². The lowest BCUT2D eigenvalue weighted by Gasteiger charge is -2.21. The minimum absolute atomic E-state index is 0.124. The standard InChI is InChI=1S/C21H26N2O2S/c1-6-18(16-9-7-13(2)15(4)11-16)22-21(26)23-19-12-17(20(24)25-5)10-8-14(19)3/h7-12,18H,6H2,1-5H3,(H2,22,23,26)/t18-/m1/s1. The maximum atomic E-state index is 11.7. The first-order chi connectivity index (χ1) is 12.3. The molecule has 0 radical (unpaired) electrons. The fraction of sp³-hybridized carbons (Fsp3) is 0.333. The monoisotopic (exact) mass is 370 g/mol. The first-order valence-electron chi connectivity index (χ1n) is 8.69. The summed E-state index contributed by atoms with van der Waals surface area (Å²) in [6.45, 7) is 8.31. The van der Waals surface area contributed by atoms with E-state index in [0.717, 1.165) is 17.7 Å². The number of carbonyl (C=O) groups excluding carboxylic acids is 1. The Morgan fingerprint density at radius 2 is 1.77 bits per heavy atom. The molecule has 2 N–H and O–H groups in total. The number of hydrogen-bond donors (Lipinski definition) is 2. The third kappa shape index (κ3) is 4.82. The highest BCUT2D eigenvalue weighted by atomic mass is 32.1. The number of methoxy groups -OCH3 is 1. The zero-order valence-electron chi connectivity index (χ0n) is 16.0. The van der Waals surface area contributed by atoms with Gasteiger partial charge in [0.25, 0.3) is 0 Å². The molecular formula is C21H26N2O2S. The number of benzene rings is 2. The van der Waals surface area contributed by atoms with Crippen molar-refractivity contribution in [3.8, 4) is 0 Å². The molecule has 0 spiro atoms. The molecule has 0 unspecified atom stereocenters. The van der Waals surface area contributed by atoms with Crippen LogP contribution in [0.5, 0.6) is 0 Å². The van der Waals surface area contributed by atoms with E-state index in [2.05, 4.69) is 49.6 Å². The Morgan fingerprint density at radius 1 is 1.08 bits per heavy atom. The molecule has 2 aromatic carbocycles. The molecule has 0 aromatic heterocycles. The second-order valence-electron chi connectivity index (χ2n) is 6.42. The smallest absolute Gasteiger partial charge is 0.337 e. The third-order valence-electron chi connectivity index (χ3n) is 4.55. The highest BCUT2D eigenvalue weighted by molar-refractivity contribution is 7.80. The fourth-order valence-corrected chi connectivity index (χ4v) is 2.97. The van der Waals surface area contributed by atoms with E-state index in [0.29, 0.717) is 10.7 Å². The molecule has 2 rings (SSSR count). The Kier molecular flexibility index (Phi) is 6.75. The maximum absolute atomic E-state index is 11.7. The summed E-state index contributed by atoms with van der Waals surface area (Å²) in [5.74, 6) is -0.367. The number of rotatable bonds is 5. The van der Waals surface area contributed by atoms with Crippen molar-refractivity contribution in [2.45, 2.75) is 40.2 Å². The molecule has 26 heavy (non-hydrogen) atoms. The molecule has 5 heteroatoms. The van der Waals surface area contributed by atoms with Crippen molar-refractivity contribution >= 4 is 29.0 Å². The first-order valence-corrected chi connectivity index (χ1v) is 9.10. The molecule has 0 heterocycles. The number of thiocarbonyl (C=S) groups is 1. The van der Waals surface area contributed by atoms with E-state index in [1.165, 1.54) is 23.8 Å². The largest absolute Gasteiger partial charge is 0.465 e. The Morgan fingerprint density at radius 3 is 2.38 bits per heavy atom. The van der Waals surface area contributed by atoms with Gasteiger partial charge >= 0.3 is 5.97 Å². The molecule has 138 valence electrons. The summed E-state index contributed by atoms with van der Waals surface area (Å²) < 4.78 is 4.78. The summed E-state index contributed by atoms with van der Waals surface area (Å²) in [7, 11) is 1.37. The second-order valence-corrected chi connectivity index (χ2v) is 6.83. The van der Waals surface area contributed by atoms with Gasteiger partial charge in [-0.2, -0.15) is 0 Å². The van der Waals surface area contributed by atoms with E-state index in [1.807, 2.05) is 13.0 Å². The van der Waals surface area contributed by atoms with Crippen LogP contribution < -0.4 is 10.6 Å². The van der Waals surface area contributed by atoms with Crippen molar-refractivity contribution in [2.24, 2.45) is 0 Å². The molecule has 0 aliphatic heterocycles. The van der Waals surface area contributed by atoms with Crippen LogP contribution >= 0.6 is 12.2 Å². The number of hydrogen-bond acceptors (Lipinski definition) is 3. The highest BCUT2D eigenvalue weighted by Gasteiger charge is 2.13. The average Bonchev–Trinajstić information content (AvgIpc) is 2.63. The van der Waals surface area contributed by atoms with Gasteiger partial charge in [-0.25, -0.2) is 4.79 Å². The molecule has 0 aliphatic carbocycles. The molecule has 0 saturated heterocycles. The van der Waals surface area contributed by atoms with Gasteiger partial charge in [0, 0.05) is 5.69 Å². The highest BCUT2D eigenvalue weighted by Crippen LogP contribution is 2.21. The van der Waals surface area contributed by atoms with E-state index in [4.69, 9.17) is 17.0 Å². The minimum Gasteiger partial charge on any atom is -0.465 e. The van der Waals surface area contributed by atoms with E-state index < -0.39 is 0 Å². The van der Waals surface area contributed by atoms with Crippen molar-refractivity contribution in [3.05, 3.63) is 64.2 Å². The summed E-state index contributed by atoms with van der Waals surface area (Å²) in [6.07, 6.45) is 0.908. The number of nitrogens with one attached hydrogen (secondary N) is 2. The fourth-order valence-electron chi connectivity index (χ4n) is 2.72. The van der Waals surface area contributed by atoms with Crippen molar-refractivity contribution < 1.29 is 9.53 Å². The van der Waals surface area contributed by atoms with Gasteiger partial charge in [0.2, 0.25) is 0 Å². The summed E-state index contributed by atoms with van der Waals surface area (Å²) in [6, 6.07) is 12.0. The van der Waals surface area contributed by atoms with Crippen LogP contribution in [0.3, 0.4) is 0 Å². The van der Waals surface area contributed by atoms with Crippen molar-refractivity contribution in [1.82, 2.24) is 5.32 Å². The van der Waals surface area contributed by atoms with Gasteiger partial charge in [0.1, 0.15) is 0 Å². The van der Waals surface area contributed by atoms with E-state index in [-0.39, 0.29) is 12.0 Å². The van der Waals surface area contributed by atoms with Gasteiger partial charge in [-0.3, -0.25) is 0 Å². The molecule has 0 saturated carbocycles. The molecule has 0 fully saturated rings. The molecule has 2 aromatic rings. The lowest BCUT2D eigenvalue weighted by molar-refractivity contribution is 0.0601. The van der Waals surface area contributed by atoms with Crippen molar-refractivity contribution in [3.63, 3.8) is 0 Å². The Hall–Kier alpha value is -2.40. The van der Waals surface area contributed by atoms with Gasteiger partial charge < -0.3 is 15.4 Å². The quantitative estimate of drug-likeness (QED) is 0.583. The van der Waals surface area contributed by atoms with Crippen LogP contribution in [0.1, 0.15) is 52.0 Å². The Balaban J connectivity index is 2.14. The van der Waals surface area contributed by atoms with Crippen molar-refractivity contribution in [1.29, 1.82) is 0 Å². The zero-order valence-corrected chi connectivity index (χ0v) is 16.8. The lowest BCUT2D eigenvalue weighted by atomic mass is 9.99. The van der Waals surface area contributed by atoms with E-state index in [9.17, 15) is 4.79 Å². The summed E-state index contributed by atoms with van der Waals surface area (Å²) >= 11 is 5.50. The van der Waals surface area contributed by atoms with Gasteiger partial charge in [0.05, 0.1) is 18.7 Å². The van der Waals surface area contributed by atoms with Gasteiger partial charge in [-0.05, 0) is 73.8 Å². The number of esters is 1. The average molecular weight is 371 g/mol. The van der Waals surface area contributed by atoms with Gasteiger partial charge in [0.15, 0.2) is 5.11 Å². The molecular weight excluding hydrogens is 344 g/mol. The summed E-state index contributed by atoms with van der Waals surface area (Å²) in [4.78, 5) is 11.7. The molecule has 4 nitrogen and oxygen atoms in total. The molecule has 1 atom stereocenters. The van der Waals surface area contributed by atoms with Gasteiger partial charge in [-0.1, -0.05) is 31.2 Å². The lowest BCUT2D eigenvalue weighted by Crippen LogP contribution is -2.32. The van der Waals surface area contributed by atoms with Crippen LogP contribution in [0.4, 0.5) is 5.69 Å². The topological polar surface area (TPSA) is 50.4 Å². The van der Waals surface area contributed by atoms with Crippen LogP contribution in [0.2, 0.25) is 0 Å². The minimum atomic E-state index is -0.367. The number of aryl methyl sites for hydroxylation is 3. The van der Waals surface area contributed by atoms with Crippen LogP contribution in [0.25, 0.3) is 0 Å². The molecule has 0 bridgehead atoms.